The van der Waals surface area contributed by atoms with Gasteiger partial charge in [-0.05, 0) is 19.1 Å². The average molecular weight is 223 g/mol. The summed E-state index contributed by atoms with van der Waals surface area (Å²) in [6, 6.07) is 6.34. The van der Waals surface area contributed by atoms with Gasteiger partial charge < -0.3 is 14.9 Å². The number of aliphatic hydroxyl groups is 1. The first kappa shape index (κ1) is 10.8. The summed E-state index contributed by atoms with van der Waals surface area (Å²) in [6.45, 7) is 1.70. The van der Waals surface area contributed by atoms with Gasteiger partial charge in [0.05, 0.1) is 18.8 Å². The van der Waals surface area contributed by atoms with Gasteiger partial charge >= 0.3 is 6.09 Å². The molecule has 1 aromatic carbocycles. The second kappa shape index (κ2) is 3.68. The van der Waals surface area contributed by atoms with Gasteiger partial charge in [-0.2, -0.15) is 0 Å². The minimum absolute atomic E-state index is 0.0860. The maximum Gasteiger partial charge on any atom is 0.415 e. The van der Waals surface area contributed by atoms with Crippen LogP contribution in [0.25, 0.3) is 0 Å². The van der Waals surface area contributed by atoms with Crippen molar-refractivity contribution < 1.29 is 19.7 Å². The average Bonchev–Trinajstić information content (AvgIpc) is 2.55. The van der Waals surface area contributed by atoms with Crippen molar-refractivity contribution >= 4 is 11.8 Å². The highest BCUT2D eigenvalue weighted by Crippen LogP contribution is 2.29. The maximum atomic E-state index is 11.6. The van der Waals surface area contributed by atoms with E-state index in [1.165, 1.54) is 17.0 Å². The quantitative estimate of drug-likeness (QED) is 0.787. The molecule has 1 saturated heterocycles. The topological polar surface area (TPSA) is 70.0 Å². The minimum atomic E-state index is -0.872. The first-order valence-electron chi connectivity index (χ1n) is 4.94. The summed E-state index contributed by atoms with van der Waals surface area (Å²) in [6.07, 6.45) is -0.512. The number of benzene rings is 1. The number of aliphatic hydroxyl groups excluding tert-OH is 1. The molecule has 0 saturated carbocycles. The molecular formula is C11H13NO4. The number of amides is 1. The zero-order valence-electron chi connectivity index (χ0n) is 8.88. The summed E-state index contributed by atoms with van der Waals surface area (Å²) in [4.78, 5) is 13.0. The van der Waals surface area contributed by atoms with Gasteiger partial charge in [0.25, 0.3) is 0 Å². The number of hydrogen-bond donors (Lipinski definition) is 2. The first-order valence-corrected chi connectivity index (χ1v) is 4.94. The van der Waals surface area contributed by atoms with Crippen molar-refractivity contribution in [3.05, 3.63) is 24.3 Å². The van der Waals surface area contributed by atoms with E-state index in [0.29, 0.717) is 5.69 Å². The van der Waals surface area contributed by atoms with Crippen molar-refractivity contribution in [1.29, 1.82) is 0 Å². The summed E-state index contributed by atoms with van der Waals surface area (Å²) in [5.41, 5.74) is -0.315. The second-order valence-corrected chi connectivity index (χ2v) is 4.08. The molecule has 0 aliphatic carbocycles. The number of aromatic hydroxyl groups is 1. The predicted octanol–water partition coefficient (Wildman–Crippen LogP) is 1.10. The zero-order valence-corrected chi connectivity index (χ0v) is 8.88. The van der Waals surface area contributed by atoms with E-state index in [1.807, 2.05) is 0 Å². The molecule has 1 amide bonds. The number of nitrogens with zero attached hydrogens (tertiary/aromatic N) is 1. The van der Waals surface area contributed by atoms with Crippen molar-refractivity contribution in [2.45, 2.75) is 12.5 Å². The van der Waals surface area contributed by atoms with E-state index < -0.39 is 11.7 Å². The lowest BCUT2D eigenvalue weighted by molar-refractivity contribution is 0.0219. The Bertz CT molecular complexity index is 420. The van der Waals surface area contributed by atoms with Crippen LogP contribution < -0.4 is 4.90 Å². The van der Waals surface area contributed by atoms with Gasteiger partial charge in [0.15, 0.2) is 5.60 Å². The number of rotatable bonds is 2. The van der Waals surface area contributed by atoms with E-state index in [-0.39, 0.29) is 18.9 Å². The number of phenolic OH excluding ortho intramolecular Hbond substituents is 1. The Morgan fingerprint density at radius 1 is 1.56 bits per heavy atom. The number of carbonyl (C=O) groups is 1. The maximum absolute atomic E-state index is 11.6. The van der Waals surface area contributed by atoms with Crippen LogP contribution in [-0.4, -0.2) is 35.1 Å². The molecule has 0 radical (unpaired) electrons. The lowest BCUT2D eigenvalue weighted by Crippen LogP contribution is -2.34. The molecule has 1 aliphatic heterocycles. The van der Waals surface area contributed by atoms with Crippen molar-refractivity contribution in [3.63, 3.8) is 0 Å². The highest BCUT2D eigenvalue weighted by Gasteiger charge is 2.41. The summed E-state index contributed by atoms with van der Waals surface area (Å²) >= 11 is 0. The first-order chi connectivity index (χ1) is 7.54. The van der Waals surface area contributed by atoms with Crippen LogP contribution in [0.4, 0.5) is 10.5 Å². The number of ether oxygens (including phenoxy) is 1. The standard InChI is InChI=1S/C11H13NO4/c1-11(7-13)6-12(10(15)16-11)8-3-2-4-9(14)5-8/h2-5,13-14H,6-7H2,1H3. The van der Waals surface area contributed by atoms with Gasteiger partial charge in [-0.15, -0.1) is 0 Å². The molecule has 0 spiro atoms. The number of phenols is 1. The van der Waals surface area contributed by atoms with Crippen molar-refractivity contribution in [3.8, 4) is 5.75 Å². The largest absolute Gasteiger partial charge is 0.508 e. The van der Waals surface area contributed by atoms with Crippen molar-refractivity contribution in [1.82, 2.24) is 0 Å². The van der Waals surface area contributed by atoms with Gasteiger partial charge in [0, 0.05) is 6.07 Å². The van der Waals surface area contributed by atoms with Crippen LogP contribution in [0.1, 0.15) is 6.92 Å². The van der Waals surface area contributed by atoms with E-state index in [9.17, 15) is 9.90 Å². The molecule has 2 N–H and O–H groups in total. The van der Waals surface area contributed by atoms with E-state index in [2.05, 4.69) is 0 Å². The van der Waals surface area contributed by atoms with Gasteiger partial charge in [-0.25, -0.2) is 4.79 Å². The van der Waals surface area contributed by atoms with Gasteiger partial charge in [0.2, 0.25) is 0 Å². The predicted molar refractivity (Wildman–Crippen MR) is 57.4 cm³/mol. The van der Waals surface area contributed by atoms with Crippen LogP contribution in [0.5, 0.6) is 5.75 Å². The molecule has 0 aromatic heterocycles. The summed E-state index contributed by atoms with van der Waals surface area (Å²) in [5, 5.41) is 18.4. The van der Waals surface area contributed by atoms with E-state index in [1.54, 1.807) is 19.1 Å². The van der Waals surface area contributed by atoms with Gasteiger partial charge in [-0.1, -0.05) is 6.07 Å². The Balaban J connectivity index is 2.27. The van der Waals surface area contributed by atoms with E-state index >= 15 is 0 Å². The zero-order chi connectivity index (χ0) is 11.8. The van der Waals surface area contributed by atoms with Crippen molar-refractivity contribution in [2.24, 2.45) is 0 Å². The lowest BCUT2D eigenvalue weighted by atomic mass is 10.1. The third-order valence-corrected chi connectivity index (χ3v) is 2.52. The number of cyclic esters (lactones) is 1. The molecule has 1 aromatic rings. The van der Waals surface area contributed by atoms with Gasteiger partial charge in [0.1, 0.15) is 5.75 Å². The van der Waals surface area contributed by atoms with Crippen LogP contribution in [0.15, 0.2) is 24.3 Å². The van der Waals surface area contributed by atoms with Crippen molar-refractivity contribution in [2.75, 3.05) is 18.1 Å². The fourth-order valence-corrected chi connectivity index (χ4v) is 1.64. The molecule has 0 bridgehead atoms. The molecule has 1 atom stereocenters. The Morgan fingerprint density at radius 3 is 2.88 bits per heavy atom. The molecular weight excluding hydrogens is 210 g/mol. The highest BCUT2D eigenvalue weighted by atomic mass is 16.6. The lowest BCUT2D eigenvalue weighted by Gasteiger charge is -2.18. The smallest absolute Gasteiger partial charge is 0.415 e. The molecule has 86 valence electrons. The molecule has 1 heterocycles. The molecule has 5 nitrogen and oxygen atoms in total. The van der Waals surface area contributed by atoms with Gasteiger partial charge in [-0.3, -0.25) is 4.90 Å². The molecule has 1 aliphatic rings. The fourth-order valence-electron chi connectivity index (χ4n) is 1.64. The third kappa shape index (κ3) is 1.81. The Hall–Kier alpha value is -1.75. The van der Waals surface area contributed by atoms with Crippen LogP contribution in [-0.2, 0) is 4.74 Å². The van der Waals surface area contributed by atoms with E-state index in [4.69, 9.17) is 9.84 Å². The fraction of sp³-hybridized carbons (Fsp3) is 0.364. The van der Waals surface area contributed by atoms with Crippen LogP contribution in [0, 0.1) is 0 Å². The minimum Gasteiger partial charge on any atom is -0.508 e. The monoisotopic (exact) mass is 223 g/mol. The second-order valence-electron chi connectivity index (χ2n) is 4.08. The van der Waals surface area contributed by atoms with Crippen LogP contribution in [0.2, 0.25) is 0 Å². The van der Waals surface area contributed by atoms with Crippen LogP contribution in [0.3, 0.4) is 0 Å². The molecule has 5 heteroatoms. The van der Waals surface area contributed by atoms with E-state index in [0.717, 1.165) is 0 Å². The molecule has 1 fully saturated rings. The number of anilines is 1. The number of carbonyl (C=O) groups excluding carboxylic acids is 1. The highest BCUT2D eigenvalue weighted by molar-refractivity contribution is 5.90. The third-order valence-electron chi connectivity index (χ3n) is 2.52. The molecule has 1 unspecified atom stereocenters. The Morgan fingerprint density at radius 2 is 2.31 bits per heavy atom. The summed E-state index contributed by atoms with van der Waals surface area (Å²) in [5.74, 6) is 0.0860. The Kier molecular flexibility index (Phi) is 2.47. The summed E-state index contributed by atoms with van der Waals surface area (Å²) in [7, 11) is 0. The number of hydrogen-bond acceptors (Lipinski definition) is 4. The normalized spacial score (nSPS) is 24.6. The molecule has 16 heavy (non-hydrogen) atoms. The SMILES string of the molecule is CC1(CO)CN(c2cccc(O)c2)C(=O)O1. The molecule has 2 rings (SSSR count). The summed E-state index contributed by atoms with van der Waals surface area (Å²) < 4.78 is 5.06. The van der Waals surface area contributed by atoms with Crippen LogP contribution >= 0.6 is 0 Å². The Labute approximate surface area is 92.9 Å².